The summed E-state index contributed by atoms with van der Waals surface area (Å²) in [6.07, 6.45) is 1.30. The highest BCUT2D eigenvalue weighted by atomic mass is 35.5. The van der Waals surface area contributed by atoms with Gasteiger partial charge < -0.3 is 15.5 Å². The number of amides is 2. The Morgan fingerprint density at radius 1 is 1.50 bits per heavy atom. The molecule has 1 atom stereocenters. The van der Waals surface area contributed by atoms with Crippen molar-refractivity contribution in [3.63, 3.8) is 0 Å². The molecule has 0 spiro atoms. The van der Waals surface area contributed by atoms with Crippen molar-refractivity contribution in [3.8, 4) is 0 Å². The lowest BCUT2D eigenvalue weighted by atomic mass is 10.0. The monoisotopic (exact) mass is 244 g/mol. The molecular formula is C10H13ClN2O3. The highest BCUT2D eigenvalue weighted by molar-refractivity contribution is 6.32. The van der Waals surface area contributed by atoms with Crippen LogP contribution in [0.2, 0.25) is 5.22 Å². The summed E-state index contributed by atoms with van der Waals surface area (Å²) in [7, 11) is 0. The Kier molecular flexibility index (Phi) is 3.95. The van der Waals surface area contributed by atoms with Crippen molar-refractivity contribution in [2.75, 3.05) is 0 Å². The van der Waals surface area contributed by atoms with E-state index >= 15 is 0 Å². The van der Waals surface area contributed by atoms with Crippen molar-refractivity contribution in [3.05, 3.63) is 23.1 Å². The van der Waals surface area contributed by atoms with E-state index < -0.39 is 17.9 Å². The second kappa shape index (κ2) is 5.03. The van der Waals surface area contributed by atoms with E-state index in [1.165, 1.54) is 12.3 Å². The minimum absolute atomic E-state index is 0.00974. The highest BCUT2D eigenvalue weighted by Gasteiger charge is 2.23. The van der Waals surface area contributed by atoms with Gasteiger partial charge in [0.1, 0.15) is 6.04 Å². The van der Waals surface area contributed by atoms with Gasteiger partial charge >= 0.3 is 0 Å². The molecule has 1 rings (SSSR count). The van der Waals surface area contributed by atoms with Crippen LogP contribution in [0.4, 0.5) is 0 Å². The fraction of sp³-hybridized carbons (Fsp3) is 0.400. The molecule has 1 heterocycles. The Morgan fingerprint density at radius 2 is 2.12 bits per heavy atom. The zero-order valence-corrected chi connectivity index (χ0v) is 9.75. The van der Waals surface area contributed by atoms with Crippen LogP contribution in [0.3, 0.4) is 0 Å². The van der Waals surface area contributed by atoms with E-state index in [4.69, 9.17) is 21.8 Å². The lowest BCUT2D eigenvalue weighted by Gasteiger charge is -2.18. The van der Waals surface area contributed by atoms with Gasteiger partial charge in [-0.2, -0.15) is 0 Å². The smallest absolute Gasteiger partial charge is 0.256 e. The molecule has 0 aliphatic carbocycles. The summed E-state index contributed by atoms with van der Waals surface area (Å²) >= 11 is 5.63. The molecule has 1 aromatic heterocycles. The maximum atomic E-state index is 11.7. The van der Waals surface area contributed by atoms with Crippen LogP contribution in [0.15, 0.2) is 16.7 Å². The summed E-state index contributed by atoms with van der Waals surface area (Å²) < 4.78 is 4.78. The number of carbonyl (C=O) groups is 2. The Labute approximate surface area is 97.9 Å². The first kappa shape index (κ1) is 12.6. The number of hydrogen-bond acceptors (Lipinski definition) is 3. The Bertz CT molecular complexity index is 401. The van der Waals surface area contributed by atoms with E-state index in [0.29, 0.717) is 0 Å². The third kappa shape index (κ3) is 2.76. The van der Waals surface area contributed by atoms with E-state index in [2.05, 4.69) is 5.32 Å². The third-order valence-electron chi connectivity index (χ3n) is 2.12. The van der Waals surface area contributed by atoms with Crippen molar-refractivity contribution in [1.29, 1.82) is 0 Å². The number of carbonyl (C=O) groups excluding carboxylic acids is 2. The predicted octanol–water partition coefficient (Wildman–Crippen LogP) is 1.17. The Balaban J connectivity index is 2.77. The molecule has 5 nitrogen and oxygen atoms in total. The van der Waals surface area contributed by atoms with Crippen LogP contribution >= 0.6 is 11.6 Å². The van der Waals surface area contributed by atoms with Crippen molar-refractivity contribution in [1.82, 2.24) is 5.32 Å². The van der Waals surface area contributed by atoms with Gasteiger partial charge in [-0.15, -0.1) is 0 Å². The van der Waals surface area contributed by atoms with Crippen LogP contribution < -0.4 is 11.1 Å². The number of nitrogens with one attached hydrogen (secondary N) is 1. The quantitative estimate of drug-likeness (QED) is 0.834. The van der Waals surface area contributed by atoms with Gasteiger partial charge in [-0.25, -0.2) is 0 Å². The van der Waals surface area contributed by atoms with E-state index in [-0.39, 0.29) is 16.7 Å². The molecule has 6 heteroatoms. The predicted molar refractivity (Wildman–Crippen MR) is 59.0 cm³/mol. The van der Waals surface area contributed by atoms with Crippen LogP contribution in [-0.2, 0) is 4.79 Å². The molecule has 0 bridgehead atoms. The van der Waals surface area contributed by atoms with Crippen LogP contribution in [-0.4, -0.2) is 17.9 Å². The number of primary amides is 1. The third-order valence-corrected chi connectivity index (χ3v) is 2.42. The van der Waals surface area contributed by atoms with Crippen LogP contribution in [0, 0.1) is 5.92 Å². The summed E-state index contributed by atoms with van der Waals surface area (Å²) in [5.74, 6) is -1.15. The first-order chi connectivity index (χ1) is 7.43. The molecule has 0 fully saturated rings. The summed E-state index contributed by atoms with van der Waals surface area (Å²) in [5.41, 5.74) is 5.36. The maximum absolute atomic E-state index is 11.7. The molecule has 1 unspecified atom stereocenters. The molecule has 16 heavy (non-hydrogen) atoms. The van der Waals surface area contributed by atoms with E-state index in [0.717, 1.165) is 0 Å². The second-order valence-corrected chi connectivity index (χ2v) is 4.05. The fourth-order valence-electron chi connectivity index (χ4n) is 1.24. The molecule has 0 aliphatic rings. The summed E-state index contributed by atoms with van der Waals surface area (Å²) in [6.45, 7) is 3.57. The number of halogens is 1. The fourth-order valence-corrected chi connectivity index (χ4v) is 1.44. The summed E-state index contributed by atoms with van der Waals surface area (Å²) in [6, 6.07) is 0.703. The van der Waals surface area contributed by atoms with E-state index in [1.54, 1.807) is 13.8 Å². The standard InChI is InChI=1S/C10H13ClN2O3/c1-5(2)7(9(12)14)13-10(15)6-3-4-16-8(6)11/h3-5,7H,1-2H3,(H2,12,14)(H,13,15). The normalized spacial score (nSPS) is 12.5. The molecule has 0 aromatic carbocycles. The first-order valence-corrected chi connectivity index (χ1v) is 5.14. The highest BCUT2D eigenvalue weighted by Crippen LogP contribution is 2.16. The van der Waals surface area contributed by atoms with Crippen molar-refractivity contribution in [2.45, 2.75) is 19.9 Å². The van der Waals surface area contributed by atoms with Gasteiger partial charge in [-0.3, -0.25) is 9.59 Å². The van der Waals surface area contributed by atoms with Crippen molar-refractivity contribution >= 4 is 23.4 Å². The summed E-state index contributed by atoms with van der Waals surface area (Å²) in [4.78, 5) is 22.8. The molecular weight excluding hydrogens is 232 g/mol. The van der Waals surface area contributed by atoms with Gasteiger partial charge in [0.05, 0.1) is 11.8 Å². The molecule has 1 aromatic rings. The molecule has 0 radical (unpaired) electrons. The number of hydrogen-bond donors (Lipinski definition) is 2. The van der Waals surface area contributed by atoms with Crippen LogP contribution in [0.25, 0.3) is 0 Å². The topological polar surface area (TPSA) is 85.3 Å². The summed E-state index contributed by atoms with van der Waals surface area (Å²) in [5, 5.41) is 2.49. The van der Waals surface area contributed by atoms with Gasteiger partial charge in [-0.1, -0.05) is 13.8 Å². The van der Waals surface area contributed by atoms with E-state index in [1.807, 2.05) is 0 Å². The number of nitrogens with two attached hydrogens (primary N) is 1. The minimum atomic E-state index is -0.724. The average Bonchev–Trinajstić information content (AvgIpc) is 2.59. The van der Waals surface area contributed by atoms with Gasteiger partial charge in [0.2, 0.25) is 11.1 Å². The van der Waals surface area contributed by atoms with Crippen LogP contribution in [0.1, 0.15) is 24.2 Å². The Hall–Kier alpha value is -1.49. The lowest BCUT2D eigenvalue weighted by Crippen LogP contribution is -2.47. The van der Waals surface area contributed by atoms with Gasteiger partial charge in [0, 0.05) is 0 Å². The maximum Gasteiger partial charge on any atom is 0.256 e. The second-order valence-electron chi connectivity index (χ2n) is 3.71. The van der Waals surface area contributed by atoms with Gasteiger partial charge in [0.25, 0.3) is 5.91 Å². The van der Waals surface area contributed by atoms with Crippen molar-refractivity contribution < 1.29 is 14.0 Å². The Morgan fingerprint density at radius 3 is 2.50 bits per heavy atom. The molecule has 0 saturated carbocycles. The molecule has 0 aliphatic heterocycles. The largest absolute Gasteiger partial charge is 0.452 e. The zero-order chi connectivity index (χ0) is 12.3. The first-order valence-electron chi connectivity index (χ1n) is 4.76. The number of furan rings is 1. The zero-order valence-electron chi connectivity index (χ0n) is 8.99. The van der Waals surface area contributed by atoms with Gasteiger partial charge in [-0.05, 0) is 23.6 Å². The average molecular weight is 245 g/mol. The number of rotatable bonds is 4. The van der Waals surface area contributed by atoms with Gasteiger partial charge in [0.15, 0.2) is 0 Å². The lowest BCUT2D eigenvalue weighted by molar-refractivity contribution is -0.120. The SMILES string of the molecule is CC(C)C(NC(=O)c1ccoc1Cl)C(N)=O. The molecule has 3 N–H and O–H groups in total. The molecule has 2 amide bonds. The molecule has 88 valence electrons. The molecule has 0 saturated heterocycles. The van der Waals surface area contributed by atoms with Crippen LogP contribution in [0.5, 0.6) is 0 Å². The minimum Gasteiger partial charge on any atom is -0.452 e. The van der Waals surface area contributed by atoms with E-state index in [9.17, 15) is 9.59 Å². The van der Waals surface area contributed by atoms with Crippen molar-refractivity contribution in [2.24, 2.45) is 11.7 Å².